The molecule has 6 heteroatoms. The van der Waals surface area contributed by atoms with Crippen molar-refractivity contribution in [2.75, 3.05) is 52.7 Å². The number of hydrogen-bond acceptors (Lipinski definition) is 5. The van der Waals surface area contributed by atoms with E-state index in [1.165, 1.54) is 12.1 Å². The first-order valence-corrected chi connectivity index (χ1v) is 7.18. The highest BCUT2D eigenvalue weighted by Crippen LogP contribution is 2.10. The van der Waals surface area contributed by atoms with Crippen LogP contribution >= 0.6 is 0 Å². The number of hydrogen-bond donors (Lipinski definition) is 1. The van der Waals surface area contributed by atoms with Crippen LogP contribution in [0.5, 0.6) is 5.75 Å². The molecule has 0 radical (unpaired) electrons. The minimum atomic E-state index is -0.506. The average Bonchev–Trinajstić information content (AvgIpc) is 2.50. The normalized spacial score (nSPS) is 17.6. The van der Waals surface area contributed by atoms with Crippen LogP contribution in [0.4, 0.5) is 4.39 Å². The maximum atomic E-state index is 12.7. The van der Waals surface area contributed by atoms with Gasteiger partial charge in [0.1, 0.15) is 18.2 Å². The van der Waals surface area contributed by atoms with Gasteiger partial charge in [-0.2, -0.15) is 0 Å². The SMILES string of the molecule is O[C@@H](COCCOc1ccc(F)cc1)CN1CCOCC1. The molecule has 1 heterocycles. The first kappa shape index (κ1) is 16.2. The average molecular weight is 299 g/mol. The number of morpholine rings is 1. The zero-order valence-electron chi connectivity index (χ0n) is 12.0. The molecule has 1 saturated heterocycles. The predicted molar refractivity (Wildman–Crippen MR) is 76.0 cm³/mol. The molecule has 5 nitrogen and oxygen atoms in total. The van der Waals surface area contributed by atoms with Gasteiger partial charge in [0, 0.05) is 19.6 Å². The van der Waals surface area contributed by atoms with Crippen LogP contribution in [-0.4, -0.2) is 68.8 Å². The summed E-state index contributed by atoms with van der Waals surface area (Å²) in [5.41, 5.74) is 0. The van der Waals surface area contributed by atoms with Crippen molar-refractivity contribution in [1.82, 2.24) is 4.90 Å². The second kappa shape index (κ2) is 8.94. The summed E-state index contributed by atoms with van der Waals surface area (Å²) < 4.78 is 28.7. The summed E-state index contributed by atoms with van der Waals surface area (Å²) in [6, 6.07) is 5.84. The van der Waals surface area contributed by atoms with E-state index >= 15 is 0 Å². The smallest absolute Gasteiger partial charge is 0.123 e. The van der Waals surface area contributed by atoms with Crippen LogP contribution in [0.1, 0.15) is 0 Å². The molecule has 0 saturated carbocycles. The van der Waals surface area contributed by atoms with Crippen LogP contribution in [0.15, 0.2) is 24.3 Å². The van der Waals surface area contributed by atoms with Gasteiger partial charge in [-0.1, -0.05) is 0 Å². The fourth-order valence-corrected chi connectivity index (χ4v) is 2.10. The summed E-state index contributed by atoms with van der Waals surface area (Å²) in [4.78, 5) is 2.16. The molecular weight excluding hydrogens is 277 g/mol. The number of halogens is 1. The maximum absolute atomic E-state index is 12.7. The van der Waals surface area contributed by atoms with Crippen molar-refractivity contribution in [2.24, 2.45) is 0 Å². The molecule has 2 rings (SSSR count). The lowest BCUT2D eigenvalue weighted by Gasteiger charge is -2.28. The van der Waals surface area contributed by atoms with Crippen molar-refractivity contribution in [1.29, 1.82) is 0 Å². The Labute approximate surface area is 124 Å². The molecule has 1 aromatic rings. The van der Waals surface area contributed by atoms with Crippen LogP contribution in [0.25, 0.3) is 0 Å². The summed E-state index contributed by atoms with van der Waals surface area (Å²) in [5, 5.41) is 9.86. The molecule has 1 atom stereocenters. The van der Waals surface area contributed by atoms with Crippen LogP contribution in [0, 0.1) is 5.82 Å². The molecule has 0 amide bonds. The largest absolute Gasteiger partial charge is 0.491 e. The fourth-order valence-electron chi connectivity index (χ4n) is 2.10. The van der Waals surface area contributed by atoms with E-state index < -0.39 is 6.10 Å². The van der Waals surface area contributed by atoms with Crippen LogP contribution in [0.3, 0.4) is 0 Å². The number of aliphatic hydroxyl groups excluding tert-OH is 1. The first-order valence-electron chi connectivity index (χ1n) is 7.18. The van der Waals surface area contributed by atoms with Gasteiger partial charge in [0.05, 0.1) is 32.5 Å². The van der Waals surface area contributed by atoms with Gasteiger partial charge < -0.3 is 19.3 Å². The van der Waals surface area contributed by atoms with E-state index in [-0.39, 0.29) is 12.4 Å². The molecule has 0 spiro atoms. The molecule has 1 aliphatic rings. The van der Waals surface area contributed by atoms with E-state index in [1.807, 2.05) is 0 Å². The standard InChI is InChI=1S/C15H22FNO4/c16-13-1-3-15(4-2-13)21-10-9-20-12-14(18)11-17-5-7-19-8-6-17/h1-4,14,18H,5-12H2/t14-/m1/s1. The fraction of sp³-hybridized carbons (Fsp3) is 0.600. The van der Waals surface area contributed by atoms with Crippen molar-refractivity contribution in [3.8, 4) is 5.75 Å². The van der Waals surface area contributed by atoms with Gasteiger partial charge in [-0.15, -0.1) is 0 Å². The number of ether oxygens (including phenoxy) is 3. The molecular formula is C15H22FNO4. The summed E-state index contributed by atoms with van der Waals surface area (Å²) in [6.07, 6.45) is -0.506. The Morgan fingerprint density at radius 1 is 1.19 bits per heavy atom. The first-order chi connectivity index (χ1) is 10.2. The predicted octanol–water partition coefficient (Wildman–Crippen LogP) is 0.914. The van der Waals surface area contributed by atoms with Crippen molar-refractivity contribution in [3.05, 3.63) is 30.1 Å². The molecule has 1 fully saturated rings. The van der Waals surface area contributed by atoms with Gasteiger partial charge in [0.15, 0.2) is 0 Å². The molecule has 21 heavy (non-hydrogen) atoms. The molecule has 0 aromatic heterocycles. The van der Waals surface area contributed by atoms with Crippen LogP contribution in [-0.2, 0) is 9.47 Å². The third kappa shape index (κ3) is 6.39. The third-order valence-electron chi connectivity index (χ3n) is 3.19. The molecule has 0 bridgehead atoms. The minimum absolute atomic E-state index is 0.282. The van der Waals surface area contributed by atoms with Crippen molar-refractivity contribution in [3.63, 3.8) is 0 Å². The van der Waals surface area contributed by atoms with Crippen molar-refractivity contribution >= 4 is 0 Å². The number of benzene rings is 1. The number of nitrogens with zero attached hydrogens (tertiary/aromatic N) is 1. The van der Waals surface area contributed by atoms with E-state index in [0.29, 0.717) is 25.5 Å². The van der Waals surface area contributed by atoms with Crippen LogP contribution < -0.4 is 4.74 Å². The molecule has 0 unspecified atom stereocenters. The van der Waals surface area contributed by atoms with Gasteiger partial charge in [0.2, 0.25) is 0 Å². The highest BCUT2D eigenvalue weighted by atomic mass is 19.1. The Morgan fingerprint density at radius 2 is 1.90 bits per heavy atom. The maximum Gasteiger partial charge on any atom is 0.123 e. The van der Waals surface area contributed by atoms with E-state index in [9.17, 15) is 9.50 Å². The Kier molecular flexibility index (Phi) is 6.88. The molecule has 0 aliphatic carbocycles. The van der Waals surface area contributed by atoms with Gasteiger partial charge in [-0.25, -0.2) is 4.39 Å². The summed E-state index contributed by atoms with van der Waals surface area (Å²) in [5.74, 6) is 0.318. The molecule has 1 N–H and O–H groups in total. The Morgan fingerprint density at radius 3 is 2.62 bits per heavy atom. The van der Waals surface area contributed by atoms with Crippen LogP contribution in [0.2, 0.25) is 0 Å². The highest BCUT2D eigenvalue weighted by molar-refractivity contribution is 5.21. The zero-order valence-corrected chi connectivity index (χ0v) is 12.0. The number of β-amino-alcohol motifs (C(OH)–C–C–N with tert-alkyl or cyclic N) is 1. The highest BCUT2D eigenvalue weighted by Gasteiger charge is 2.14. The topological polar surface area (TPSA) is 51.2 Å². The number of rotatable bonds is 8. The molecule has 1 aliphatic heterocycles. The van der Waals surface area contributed by atoms with Gasteiger partial charge in [0.25, 0.3) is 0 Å². The van der Waals surface area contributed by atoms with E-state index in [1.54, 1.807) is 12.1 Å². The van der Waals surface area contributed by atoms with Gasteiger partial charge in [-0.3, -0.25) is 4.90 Å². The van der Waals surface area contributed by atoms with E-state index in [2.05, 4.69) is 4.90 Å². The number of aliphatic hydroxyl groups is 1. The Bertz CT molecular complexity index is 395. The van der Waals surface area contributed by atoms with Gasteiger partial charge >= 0.3 is 0 Å². The summed E-state index contributed by atoms with van der Waals surface area (Å²) in [6.45, 7) is 4.79. The summed E-state index contributed by atoms with van der Waals surface area (Å²) in [7, 11) is 0. The van der Waals surface area contributed by atoms with Crippen molar-refractivity contribution < 1.29 is 23.7 Å². The lowest BCUT2D eigenvalue weighted by atomic mass is 10.3. The van der Waals surface area contributed by atoms with Crippen molar-refractivity contribution in [2.45, 2.75) is 6.10 Å². The lowest BCUT2D eigenvalue weighted by Crippen LogP contribution is -2.42. The third-order valence-corrected chi connectivity index (χ3v) is 3.19. The molecule has 118 valence electrons. The monoisotopic (exact) mass is 299 g/mol. The Balaban J connectivity index is 1.51. The lowest BCUT2D eigenvalue weighted by molar-refractivity contribution is -0.0178. The summed E-state index contributed by atoms with van der Waals surface area (Å²) >= 11 is 0. The quantitative estimate of drug-likeness (QED) is 0.723. The van der Waals surface area contributed by atoms with E-state index in [0.717, 1.165) is 26.3 Å². The second-order valence-electron chi connectivity index (χ2n) is 4.94. The van der Waals surface area contributed by atoms with E-state index in [4.69, 9.17) is 14.2 Å². The van der Waals surface area contributed by atoms with Gasteiger partial charge in [-0.05, 0) is 24.3 Å². The Hall–Kier alpha value is -1.21. The minimum Gasteiger partial charge on any atom is -0.491 e. The molecule has 1 aromatic carbocycles. The zero-order chi connectivity index (χ0) is 14.9. The second-order valence-corrected chi connectivity index (χ2v) is 4.94.